The Labute approximate surface area is 164 Å². The molecule has 140 valence electrons. The normalized spacial score (nSPS) is 10.9. The molecule has 3 aromatic rings. The summed E-state index contributed by atoms with van der Waals surface area (Å²) in [4.78, 5) is 41.5. The van der Waals surface area contributed by atoms with Crippen LogP contribution in [0.25, 0.3) is 11.0 Å². The Morgan fingerprint density at radius 1 is 1.22 bits per heavy atom. The van der Waals surface area contributed by atoms with Crippen LogP contribution in [-0.4, -0.2) is 25.8 Å². The van der Waals surface area contributed by atoms with Crippen molar-refractivity contribution in [1.82, 2.24) is 14.1 Å². The minimum absolute atomic E-state index is 0.197. The second-order valence-corrected chi connectivity index (χ2v) is 7.42. The Hall–Kier alpha value is -2.58. The van der Waals surface area contributed by atoms with Crippen molar-refractivity contribution in [2.75, 3.05) is 11.1 Å². The number of amides is 1. The van der Waals surface area contributed by atoms with Gasteiger partial charge in [0.2, 0.25) is 5.91 Å². The Morgan fingerprint density at radius 2 is 1.96 bits per heavy atom. The van der Waals surface area contributed by atoms with E-state index in [-0.39, 0.29) is 23.4 Å². The maximum absolute atomic E-state index is 12.3. The molecule has 0 atom stereocenters. The van der Waals surface area contributed by atoms with Crippen molar-refractivity contribution in [1.29, 1.82) is 0 Å². The van der Waals surface area contributed by atoms with Crippen molar-refractivity contribution in [3.05, 3.63) is 62.4 Å². The van der Waals surface area contributed by atoms with E-state index in [1.807, 2.05) is 18.2 Å². The van der Waals surface area contributed by atoms with E-state index < -0.39 is 11.2 Å². The van der Waals surface area contributed by atoms with Crippen molar-refractivity contribution in [3.8, 4) is 0 Å². The van der Waals surface area contributed by atoms with Crippen LogP contribution in [0, 0.1) is 0 Å². The van der Waals surface area contributed by atoms with Gasteiger partial charge in [0.15, 0.2) is 0 Å². The van der Waals surface area contributed by atoms with Gasteiger partial charge in [0, 0.05) is 31.2 Å². The molecule has 0 aliphatic carbocycles. The number of hydrogen-bond acceptors (Lipinski definition) is 5. The van der Waals surface area contributed by atoms with Crippen LogP contribution in [0.2, 0.25) is 5.02 Å². The van der Waals surface area contributed by atoms with E-state index in [1.165, 1.54) is 35.6 Å². The highest BCUT2D eigenvalue weighted by molar-refractivity contribution is 7.99. The number of hydrogen-bond donors (Lipinski definition) is 1. The number of aryl methyl sites for hydroxylation is 1. The van der Waals surface area contributed by atoms with Gasteiger partial charge in [0.1, 0.15) is 5.65 Å². The first-order chi connectivity index (χ1) is 12.9. The largest absolute Gasteiger partial charge is 0.332 e. The molecule has 0 bridgehead atoms. The second-order valence-electron chi connectivity index (χ2n) is 5.88. The van der Waals surface area contributed by atoms with Gasteiger partial charge in [-0.3, -0.25) is 18.7 Å². The molecule has 3 rings (SSSR count). The molecule has 0 spiro atoms. The molecule has 2 aromatic heterocycles. The van der Waals surface area contributed by atoms with Gasteiger partial charge in [-0.05, 0) is 18.2 Å². The van der Waals surface area contributed by atoms with Gasteiger partial charge in [-0.25, -0.2) is 9.78 Å². The van der Waals surface area contributed by atoms with E-state index in [0.717, 1.165) is 9.46 Å². The van der Waals surface area contributed by atoms with Gasteiger partial charge in [-0.2, -0.15) is 0 Å². The lowest BCUT2D eigenvalue weighted by Crippen LogP contribution is -2.37. The molecule has 0 aliphatic heterocycles. The first-order valence-electron chi connectivity index (χ1n) is 8.11. The molecule has 0 aliphatic rings. The average molecular weight is 405 g/mol. The van der Waals surface area contributed by atoms with Gasteiger partial charge in [0.05, 0.1) is 22.3 Å². The van der Waals surface area contributed by atoms with Crippen molar-refractivity contribution in [2.24, 2.45) is 14.1 Å². The zero-order valence-electron chi connectivity index (χ0n) is 14.7. The molecule has 9 heteroatoms. The van der Waals surface area contributed by atoms with Gasteiger partial charge in [-0.15, -0.1) is 11.8 Å². The predicted octanol–water partition coefficient (Wildman–Crippen LogP) is 2.41. The van der Waals surface area contributed by atoms with Crippen molar-refractivity contribution in [2.45, 2.75) is 11.3 Å². The fraction of sp³-hybridized carbons (Fsp3) is 0.222. The van der Waals surface area contributed by atoms with Crippen LogP contribution in [-0.2, 0) is 18.9 Å². The molecular weight excluding hydrogens is 388 g/mol. The quantitative estimate of drug-likeness (QED) is 0.660. The van der Waals surface area contributed by atoms with Gasteiger partial charge >= 0.3 is 5.69 Å². The summed E-state index contributed by atoms with van der Waals surface area (Å²) in [6.07, 6.45) is 1.71. The fourth-order valence-electron chi connectivity index (χ4n) is 2.57. The van der Waals surface area contributed by atoms with Crippen LogP contribution in [0.5, 0.6) is 0 Å². The minimum atomic E-state index is -0.453. The maximum atomic E-state index is 12.3. The zero-order chi connectivity index (χ0) is 19.6. The third-order valence-corrected chi connectivity index (χ3v) is 5.52. The highest BCUT2D eigenvalue weighted by Crippen LogP contribution is 2.27. The molecular formula is C18H17ClN4O3S. The zero-order valence-corrected chi connectivity index (χ0v) is 16.3. The summed E-state index contributed by atoms with van der Waals surface area (Å²) >= 11 is 7.59. The number of fused-ring (bicyclic) bond motifs is 1. The number of nitrogens with one attached hydrogen (secondary N) is 1. The molecule has 27 heavy (non-hydrogen) atoms. The minimum Gasteiger partial charge on any atom is -0.325 e. The number of carbonyl (C=O) groups is 1. The Kier molecular flexibility index (Phi) is 5.67. The number of aromatic nitrogens is 3. The number of nitrogens with zero attached hydrogens (tertiary/aromatic N) is 3. The number of thioether (sulfide) groups is 1. The Bertz CT molecular complexity index is 1140. The lowest BCUT2D eigenvalue weighted by Gasteiger charge is -2.09. The number of halogens is 1. The smallest absolute Gasteiger partial charge is 0.325 e. The molecule has 0 radical (unpaired) electrons. The highest BCUT2D eigenvalue weighted by atomic mass is 35.5. The summed E-state index contributed by atoms with van der Waals surface area (Å²) in [5.74, 6) is 0.365. The highest BCUT2D eigenvalue weighted by Gasteiger charge is 2.11. The number of pyridine rings is 1. The molecule has 1 N–H and O–H groups in total. The lowest BCUT2D eigenvalue weighted by atomic mass is 10.3. The van der Waals surface area contributed by atoms with Crippen LogP contribution in [0.15, 0.2) is 51.0 Å². The van der Waals surface area contributed by atoms with E-state index >= 15 is 0 Å². The maximum Gasteiger partial charge on any atom is 0.332 e. The van der Waals surface area contributed by atoms with Crippen molar-refractivity contribution < 1.29 is 4.79 Å². The van der Waals surface area contributed by atoms with Crippen LogP contribution in [0.3, 0.4) is 0 Å². The number of rotatable bonds is 5. The third-order valence-electron chi connectivity index (χ3n) is 4.00. The van der Waals surface area contributed by atoms with E-state index in [2.05, 4.69) is 10.3 Å². The summed E-state index contributed by atoms with van der Waals surface area (Å²) in [6.45, 7) is 0. The summed E-state index contributed by atoms with van der Waals surface area (Å²) < 4.78 is 2.30. The number of benzene rings is 1. The van der Waals surface area contributed by atoms with Crippen molar-refractivity contribution >= 4 is 46.0 Å². The summed E-state index contributed by atoms with van der Waals surface area (Å²) in [7, 11) is 2.95. The first-order valence-corrected chi connectivity index (χ1v) is 9.48. The number of anilines is 1. The molecule has 2 heterocycles. The first kappa shape index (κ1) is 19.2. The Morgan fingerprint density at radius 3 is 2.70 bits per heavy atom. The van der Waals surface area contributed by atoms with E-state index in [0.29, 0.717) is 16.5 Å². The molecule has 1 amide bonds. The van der Waals surface area contributed by atoms with Crippen molar-refractivity contribution in [3.63, 3.8) is 0 Å². The molecule has 0 fully saturated rings. The fourth-order valence-corrected chi connectivity index (χ4v) is 3.76. The molecule has 7 nitrogen and oxygen atoms in total. The van der Waals surface area contributed by atoms with E-state index in [1.54, 1.807) is 13.1 Å². The van der Waals surface area contributed by atoms with E-state index in [4.69, 9.17) is 11.6 Å². The van der Waals surface area contributed by atoms with Crippen LogP contribution >= 0.6 is 23.4 Å². The third kappa shape index (κ3) is 4.06. The monoisotopic (exact) mass is 404 g/mol. The van der Waals surface area contributed by atoms with Crippen LogP contribution in [0.4, 0.5) is 5.69 Å². The SMILES string of the molecule is Cn1c(=O)c2cc(NC(=O)CCSc3ccccc3Cl)cnc2n(C)c1=O. The topological polar surface area (TPSA) is 86.0 Å². The van der Waals surface area contributed by atoms with Gasteiger partial charge < -0.3 is 5.32 Å². The predicted molar refractivity (Wildman–Crippen MR) is 108 cm³/mol. The van der Waals surface area contributed by atoms with Gasteiger partial charge in [-0.1, -0.05) is 23.7 Å². The van der Waals surface area contributed by atoms with Gasteiger partial charge in [0.25, 0.3) is 5.56 Å². The molecule has 1 aromatic carbocycles. The standard InChI is InChI=1S/C18H17ClN4O3S/c1-22-16-12(17(25)23(2)18(22)26)9-11(10-20-16)21-15(24)7-8-27-14-6-4-3-5-13(14)19/h3-6,9-10H,7-8H2,1-2H3,(H,21,24). The molecule has 0 unspecified atom stereocenters. The Balaban J connectivity index is 1.71. The van der Waals surface area contributed by atoms with Crippen LogP contribution < -0.4 is 16.6 Å². The average Bonchev–Trinajstić information content (AvgIpc) is 2.66. The second kappa shape index (κ2) is 7.98. The molecule has 0 saturated heterocycles. The van der Waals surface area contributed by atoms with Crippen LogP contribution in [0.1, 0.15) is 6.42 Å². The summed E-state index contributed by atoms with van der Waals surface area (Å²) in [5.41, 5.74) is -0.222. The lowest BCUT2D eigenvalue weighted by molar-refractivity contribution is -0.115. The van der Waals surface area contributed by atoms with E-state index in [9.17, 15) is 14.4 Å². The summed E-state index contributed by atoms with van der Waals surface area (Å²) in [6, 6.07) is 8.98. The molecule has 0 saturated carbocycles. The summed E-state index contributed by atoms with van der Waals surface area (Å²) in [5, 5.41) is 3.65. The number of carbonyl (C=O) groups excluding carboxylic acids is 1.